The summed E-state index contributed by atoms with van der Waals surface area (Å²) in [6.07, 6.45) is -8.99. The van der Waals surface area contributed by atoms with E-state index >= 15 is 0 Å². The van der Waals surface area contributed by atoms with Crippen molar-refractivity contribution in [2.45, 2.75) is 44.6 Å². The second-order valence-corrected chi connectivity index (χ2v) is 8.93. The predicted molar refractivity (Wildman–Crippen MR) is 89.4 cm³/mol. The first kappa shape index (κ1) is 22.5. The minimum Gasteiger partial charge on any atom is -0.335 e. The zero-order chi connectivity index (χ0) is 21.3. The summed E-state index contributed by atoms with van der Waals surface area (Å²) >= 11 is 0. The van der Waals surface area contributed by atoms with Gasteiger partial charge in [0.15, 0.2) is 9.84 Å². The van der Waals surface area contributed by atoms with Gasteiger partial charge in [-0.1, -0.05) is 13.3 Å². The van der Waals surface area contributed by atoms with Crippen LogP contribution in [0.3, 0.4) is 0 Å². The Labute approximate surface area is 158 Å². The number of alkyl halides is 6. The van der Waals surface area contributed by atoms with Gasteiger partial charge in [-0.2, -0.15) is 26.3 Å². The third kappa shape index (κ3) is 5.39. The SMILES string of the molecule is CCCCN(C(=O)c1cc(C(F)(F)F)cc(C(F)(F)F)c1)C1CCS(=O)(=O)C1. The van der Waals surface area contributed by atoms with E-state index in [4.69, 9.17) is 0 Å². The summed E-state index contributed by atoms with van der Waals surface area (Å²) < 4.78 is 102. The lowest BCUT2D eigenvalue weighted by Gasteiger charge is -2.29. The fraction of sp³-hybridized carbons (Fsp3) is 0.588. The molecule has 158 valence electrons. The smallest absolute Gasteiger partial charge is 0.335 e. The van der Waals surface area contributed by atoms with Crippen LogP contribution in [-0.4, -0.2) is 43.3 Å². The monoisotopic (exact) mass is 431 g/mol. The van der Waals surface area contributed by atoms with Crippen molar-refractivity contribution < 1.29 is 39.6 Å². The molecule has 1 atom stereocenters. The van der Waals surface area contributed by atoms with Crippen molar-refractivity contribution in [2.24, 2.45) is 0 Å². The van der Waals surface area contributed by atoms with E-state index < -0.39 is 50.8 Å². The molecule has 4 nitrogen and oxygen atoms in total. The Bertz CT molecular complexity index is 800. The second-order valence-electron chi connectivity index (χ2n) is 6.70. The van der Waals surface area contributed by atoms with Gasteiger partial charge in [0.2, 0.25) is 0 Å². The summed E-state index contributed by atoms with van der Waals surface area (Å²) in [6, 6.07) is -0.0689. The average molecular weight is 431 g/mol. The number of sulfone groups is 1. The minimum atomic E-state index is -5.07. The number of hydrogen-bond donors (Lipinski definition) is 0. The maximum absolute atomic E-state index is 13.0. The molecule has 0 radical (unpaired) electrons. The largest absolute Gasteiger partial charge is 0.416 e. The maximum atomic E-state index is 13.0. The summed E-state index contributed by atoms with van der Waals surface area (Å²) in [5.41, 5.74) is -3.93. The molecule has 0 N–H and O–H groups in total. The standard InChI is InChI=1S/C17H19F6NO3S/c1-2-3-5-24(14-4-6-28(26,27)10-14)15(25)11-7-12(16(18,19)20)9-13(8-11)17(21,22)23/h7-9,14H,2-6,10H2,1H3. The normalized spacial score (nSPS) is 19.6. The van der Waals surface area contributed by atoms with Gasteiger partial charge >= 0.3 is 12.4 Å². The molecule has 1 amide bonds. The van der Waals surface area contributed by atoms with Crippen LogP contribution in [-0.2, 0) is 22.2 Å². The number of hydrogen-bond acceptors (Lipinski definition) is 3. The number of nitrogens with zero attached hydrogens (tertiary/aromatic N) is 1. The number of rotatable bonds is 5. The lowest BCUT2D eigenvalue weighted by atomic mass is 10.0. The molecule has 1 unspecified atom stereocenters. The molecule has 1 fully saturated rings. The quantitative estimate of drug-likeness (QED) is 0.658. The first-order valence-corrected chi connectivity index (χ1v) is 10.4. The zero-order valence-electron chi connectivity index (χ0n) is 14.9. The molecular formula is C17H19F6NO3S. The molecule has 1 aliphatic heterocycles. The highest BCUT2D eigenvalue weighted by Gasteiger charge is 2.39. The summed E-state index contributed by atoms with van der Waals surface area (Å²) in [4.78, 5) is 13.9. The van der Waals surface area contributed by atoms with E-state index in [1.165, 1.54) is 0 Å². The van der Waals surface area contributed by atoms with Gasteiger partial charge < -0.3 is 4.90 Å². The number of unbranched alkanes of at least 4 members (excludes halogenated alkanes) is 1. The summed E-state index contributed by atoms with van der Waals surface area (Å²) in [5, 5.41) is 0. The van der Waals surface area contributed by atoms with Crippen molar-refractivity contribution in [3.05, 3.63) is 34.9 Å². The lowest BCUT2D eigenvalue weighted by Crippen LogP contribution is -2.42. The third-order valence-electron chi connectivity index (χ3n) is 4.50. The molecule has 1 saturated heterocycles. The fourth-order valence-electron chi connectivity index (χ4n) is 3.04. The Balaban J connectivity index is 2.48. The Morgan fingerprint density at radius 3 is 2.00 bits per heavy atom. The third-order valence-corrected chi connectivity index (χ3v) is 6.25. The summed E-state index contributed by atoms with van der Waals surface area (Å²) in [7, 11) is -3.40. The van der Waals surface area contributed by atoms with E-state index in [9.17, 15) is 39.6 Å². The van der Waals surface area contributed by atoms with Crippen molar-refractivity contribution in [1.82, 2.24) is 4.90 Å². The maximum Gasteiger partial charge on any atom is 0.416 e. The Kier molecular flexibility index (Phi) is 6.37. The van der Waals surface area contributed by atoms with E-state index in [-0.39, 0.29) is 30.5 Å². The van der Waals surface area contributed by atoms with E-state index in [1.54, 1.807) is 6.92 Å². The molecule has 1 heterocycles. The van der Waals surface area contributed by atoms with Gasteiger partial charge in [-0.15, -0.1) is 0 Å². The fourth-order valence-corrected chi connectivity index (χ4v) is 4.77. The number of halogens is 6. The highest BCUT2D eigenvalue weighted by molar-refractivity contribution is 7.91. The molecule has 11 heteroatoms. The van der Waals surface area contributed by atoms with E-state index in [0.717, 1.165) is 4.90 Å². The zero-order valence-corrected chi connectivity index (χ0v) is 15.7. The van der Waals surface area contributed by atoms with Crippen LogP contribution in [0.5, 0.6) is 0 Å². The molecule has 2 rings (SSSR count). The van der Waals surface area contributed by atoms with Crippen LogP contribution in [0.2, 0.25) is 0 Å². The van der Waals surface area contributed by atoms with Crippen LogP contribution in [0.25, 0.3) is 0 Å². The van der Waals surface area contributed by atoms with E-state index in [0.29, 0.717) is 25.0 Å². The van der Waals surface area contributed by atoms with E-state index in [2.05, 4.69) is 0 Å². The van der Waals surface area contributed by atoms with Crippen molar-refractivity contribution in [1.29, 1.82) is 0 Å². The number of amides is 1. The molecule has 28 heavy (non-hydrogen) atoms. The first-order chi connectivity index (χ1) is 12.7. The van der Waals surface area contributed by atoms with Crippen molar-refractivity contribution in [2.75, 3.05) is 18.1 Å². The number of benzene rings is 1. The van der Waals surface area contributed by atoms with Crippen LogP contribution in [0.4, 0.5) is 26.3 Å². The topological polar surface area (TPSA) is 54.5 Å². The highest BCUT2D eigenvalue weighted by Crippen LogP contribution is 2.36. The minimum absolute atomic E-state index is 0.0484. The molecule has 0 bridgehead atoms. The number of carbonyl (C=O) groups is 1. The van der Waals surface area contributed by atoms with Gasteiger partial charge in [0.1, 0.15) is 0 Å². The number of carbonyl (C=O) groups excluding carboxylic acids is 1. The van der Waals surface area contributed by atoms with E-state index in [1.807, 2.05) is 0 Å². The van der Waals surface area contributed by atoms with Gasteiger partial charge in [-0.3, -0.25) is 4.79 Å². The second kappa shape index (κ2) is 7.92. The molecule has 0 saturated carbocycles. The molecular weight excluding hydrogens is 412 g/mol. The van der Waals surface area contributed by atoms with Gasteiger partial charge in [0, 0.05) is 18.2 Å². The molecule has 1 aromatic rings. The van der Waals surface area contributed by atoms with Crippen LogP contribution < -0.4 is 0 Å². The molecule has 0 aromatic heterocycles. The van der Waals surface area contributed by atoms with Crippen LogP contribution in [0.1, 0.15) is 47.7 Å². The van der Waals surface area contributed by atoms with Gasteiger partial charge in [0.05, 0.1) is 22.6 Å². The van der Waals surface area contributed by atoms with Gasteiger partial charge in [0.25, 0.3) is 5.91 Å². The molecule has 0 aliphatic carbocycles. The van der Waals surface area contributed by atoms with Crippen LogP contribution >= 0.6 is 0 Å². The Morgan fingerprint density at radius 1 is 1.07 bits per heavy atom. The van der Waals surface area contributed by atoms with Crippen molar-refractivity contribution in [3.63, 3.8) is 0 Å². The molecule has 1 aliphatic rings. The highest BCUT2D eigenvalue weighted by atomic mass is 32.2. The first-order valence-electron chi connectivity index (χ1n) is 8.55. The summed E-state index contributed by atoms with van der Waals surface area (Å²) in [6.45, 7) is 1.84. The van der Waals surface area contributed by atoms with Crippen molar-refractivity contribution >= 4 is 15.7 Å². The van der Waals surface area contributed by atoms with Crippen molar-refractivity contribution in [3.8, 4) is 0 Å². The lowest BCUT2D eigenvalue weighted by molar-refractivity contribution is -0.143. The van der Waals surface area contributed by atoms with Crippen LogP contribution in [0.15, 0.2) is 18.2 Å². The Hall–Kier alpha value is -1.78. The van der Waals surface area contributed by atoms with Crippen LogP contribution in [0, 0.1) is 0 Å². The predicted octanol–water partition coefficient (Wildman–Crippen LogP) is 4.15. The summed E-state index contributed by atoms with van der Waals surface area (Å²) in [5.74, 6) is -1.57. The average Bonchev–Trinajstić information content (AvgIpc) is 2.92. The molecule has 1 aromatic carbocycles. The van der Waals surface area contributed by atoms with Gasteiger partial charge in [-0.25, -0.2) is 8.42 Å². The van der Waals surface area contributed by atoms with Gasteiger partial charge in [-0.05, 0) is 31.0 Å². The Morgan fingerprint density at radius 2 is 1.61 bits per heavy atom. The molecule has 0 spiro atoms.